The third-order valence-electron chi connectivity index (χ3n) is 4.10. The van der Waals surface area contributed by atoms with Crippen molar-refractivity contribution < 1.29 is 19.4 Å². The van der Waals surface area contributed by atoms with Crippen molar-refractivity contribution in [1.29, 1.82) is 0 Å². The summed E-state index contributed by atoms with van der Waals surface area (Å²) < 4.78 is 10.3. The zero-order chi connectivity index (χ0) is 16.6. The maximum atomic E-state index is 12.6. The number of nitrogens with zero attached hydrogens (tertiary/aromatic N) is 2. The number of carbonyl (C=O) groups is 1. The average molecular weight is 317 g/mol. The second-order valence-electron chi connectivity index (χ2n) is 5.44. The first-order valence-corrected chi connectivity index (χ1v) is 7.30. The van der Waals surface area contributed by atoms with Gasteiger partial charge in [-0.05, 0) is 24.6 Å². The van der Waals surface area contributed by atoms with Gasteiger partial charge >= 0.3 is 0 Å². The first-order valence-electron chi connectivity index (χ1n) is 7.30. The molecule has 0 saturated heterocycles. The summed E-state index contributed by atoms with van der Waals surface area (Å²) in [5, 5.41) is 16.8. The normalized spacial score (nSPS) is 16.7. The van der Waals surface area contributed by atoms with Crippen molar-refractivity contribution in [3.8, 4) is 11.5 Å². The van der Waals surface area contributed by atoms with Gasteiger partial charge in [0, 0.05) is 24.9 Å². The van der Waals surface area contributed by atoms with Crippen LogP contribution in [0.3, 0.4) is 0 Å². The molecule has 1 aliphatic rings. The Kier molecular flexibility index (Phi) is 3.96. The molecule has 0 saturated carbocycles. The average Bonchev–Trinajstić information content (AvgIpc) is 3.05. The molecule has 0 radical (unpaired) electrons. The SMILES string of the molecule is COCCN1C(=O)c2n[nH]c(C)c2C1c1ccc(O)c(OC)c1. The molecule has 2 heterocycles. The maximum absolute atomic E-state index is 12.6. The molecule has 122 valence electrons. The Morgan fingerprint density at radius 3 is 2.87 bits per heavy atom. The maximum Gasteiger partial charge on any atom is 0.275 e. The van der Waals surface area contributed by atoms with Crippen molar-refractivity contribution in [2.45, 2.75) is 13.0 Å². The number of methoxy groups -OCH3 is 2. The van der Waals surface area contributed by atoms with E-state index in [1.165, 1.54) is 7.11 Å². The number of aromatic amines is 1. The zero-order valence-corrected chi connectivity index (χ0v) is 13.3. The minimum Gasteiger partial charge on any atom is -0.504 e. The lowest BCUT2D eigenvalue weighted by Gasteiger charge is -2.26. The first kappa shape index (κ1) is 15.4. The van der Waals surface area contributed by atoms with Gasteiger partial charge in [-0.2, -0.15) is 5.10 Å². The molecule has 1 amide bonds. The van der Waals surface area contributed by atoms with Crippen LogP contribution in [0, 0.1) is 6.92 Å². The highest BCUT2D eigenvalue weighted by molar-refractivity contribution is 5.98. The largest absolute Gasteiger partial charge is 0.504 e. The fraction of sp³-hybridized carbons (Fsp3) is 0.375. The summed E-state index contributed by atoms with van der Waals surface area (Å²) >= 11 is 0. The van der Waals surface area contributed by atoms with Gasteiger partial charge in [0.2, 0.25) is 0 Å². The smallest absolute Gasteiger partial charge is 0.275 e. The number of aromatic nitrogens is 2. The third-order valence-corrected chi connectivity index (χ3v) is 4.10. The summed E-state index contributed by atoms with van der Waals surface area (Å²) in [6.45, 7) is 2.78. The molecule has 0 aliphatic carbocycles. The van der Waals surface area contributed by atoms with Gasteiger partial charge in [-0.15, -0.1) is 0 Å². The van der Waals surface area contributed by atoms with Crippen molar-refractivity contribution in [2.24, 2.45) is 0 Å². The number of nitrogens with one attached hydrogen (secondary N) is 1. The molecule has 1 aromatic heterocycles. The number of phenols is 1. The minimum atomic E-state index is -0.277. The van der Waals surface area contributed by atoms with Crippen LogP contribution in [0.4, 0.5) is 0 Å². The van der Waals surface area contributed by atoms with E-state index >= 15 is 0 Å². The zero-order valence-electron chi connectivity index (χ0n) is 13.3. The Balaban J connectivity index is 2.09. The van der Waals surface area contributed by atoms with E-state index in [-0.39, 0.29) is 17.7 Å². The fourth-order valence-corrected chi connectivity index (χ4v) is 2.98. The summed E-state index contributed by atoms with van der Waals surface area (Å²) in [5.74, 6) is 0.308. The highest BCUT2D eigenvalue weighted by Gasteiger charge is 2.41. The quantitative estimate of drug-likeness (QED) is 0.875. The van der Waals surface area contributed by atoms with Crippen LogP contribution in [0.5, 0.6) is 11.5 Å². The predicted molar refractivity (Wildman–Crippen MR) is 82.7 cm³/mol. The Bertz CT molecular complexity index is 741. The molecule has 1 aliphatic heterocycles. The van der Waals surface area contributed by atoms with Gasteiger partial charge < -0.3 is 19.5 Å². The Hall–Kier alpha value is -2.54. The number of benzene rings is 1. The molecule has 3 rings (SSSR count). The minimum absolute atomic E-state index is 0.0631. The van der Waals surface area contributed by atoms with E-state index < -0.39 is 0 Å². The van der Waals surface area contributed by atoms with Crippen molar-refractivity contribution in [2.75, 3.05) is 27.4 Å². The molecule has 7 nitrogen and oxygen atoms in total. The molecule has 23 heavy (non-hydrogen) atoms. The standard InChI is InChI=1S/C16H19N3O4/c1-9-13-14(18-17-9)16(21)19(6-7-22-2)15(13)10-4-5-11(20)12(8-10)23-3/h4-5,8,15,20H,6-7H2,1-3H3,(H,17,18). The van der Waals surface area contributed by atoms with E-state index in [9.17, 15) is 9.90 Å². The summed E-state index contributed by atoms with van der Waals surface area (Å²) in [5.41, 5.74) is 3.01. The predicted octanol–water partition coefficient (Wildman–Crippen LogP) is 1.62. The Labute approximate surface area is 133 Å². The third kappa shape index (κ3) is 2.43. The Morgan fingerprint density at radius 1 is 1.39 bits per heavy atom. The summed E-state index contributed by atoms with van der Waals surface area (Å²) in [4.78, 5) is 14.4. The van der Waals surface area contributed by atoms with Gasteiger partial charge in [-0.3, -0.25) is 9.89 Å². The van der Waals surface area contributed by atoms with E-state index in [1.807, 2.05) is 6.92 Å². The molecule has 1 atom stereocenters. The molecule has 7 heteroatoms. The van der Waals surface area contributed by atoms with Crippen LogP contribution in [0.25, 0.3) is 0 Å². The van der Waals surface area contributed by atoms with Crippen LogP contribution in [0.2, 0.25) is 0 Å². The van der Waals surface area contributed by atoms with E-state index in [0.29, 0.717) is 24.6 Å². The van der Waals surface area contributed by atoms with Gasteiger partial charge in [0.05, 0.1) is 19.8 Å². The number of aromatic hydroxyl groups is 1. The monoisotopic (exact) mass is 317 g/mol. The van der Waals surface area contributed by atoms with Gasteiger partial charge in [0.15, 0.2) is 17.2 Å². The lowest BCUT2D eigenvalue weighted by molar-refractivity contribution is 0.0676. The highest BCUT2D eigenvalue weighted by Crippen LogP contribution is 2.41. The van der Waals surface area contributed by atoms with E-state index in [4.69, 9.17) is 9.47 Å². The number of phenolic OH excluding ortho intramolecular Hbond substituents is 1. The molecular formula is C16H19N3O4. The number of fused-ring (bicyclic) bond motifs is 1. The number of rotatable bonds is 5. The van der Waals surface area contributed by atoms with E-state index in [2.05, 4.69) is 10.2 Å². The van der Waals surface area contributed by atoms with Crippen LogP contribution in [-0.2, 0) is 4.74 Å². The van der Waals surface area contributed by atoms with Crippen LogP contribution in [-0.4, -0.2) is 53.5 Å². The number of ether oxygens (including phenoxy) is 2. The van der Waals surface area contributed by atoms with Crippen molar-refractivity contribution in [3.63, 3.8) is 0 Å². The molecule has 2 N–H and O–H groups in total. The van der Waals surface area contributed by atoms with Crippen molar-refractivity contribution in [3.05, 3.63) is 40.7 Å². The second-order valence-corrected chi connectivity index (χ2v) is 5.44. The lowest BCUT2D eigenvalue weighted by Crippen LogP contribution is -2.32. The Morgan fingerprint density at radius 2 is 2.17 bits per heavy atom. The summed E-state index contributed by atoms with van der Waals surface area (Å²) in [6.07, 6.45) is 0. The van der Waals surface area contributed by atoms with Gasteiger partial charge in [0.1, 0.15) is 0 Å². The van der Waals surface area contributed by atoms with Crippen LogP contribution < -0.4 is 4.74 Å². The number of carbonyl (C=O) groups excluding carboxylic acids is 1. The van der Waals surface area contributed by atoms with Crippen LogP contribution in [0.15, 0.2) is 18.2 Å². The number of aryl methyl sites for hydroxylation is 1. The molecule has 0 fully saturated rings. The molecule has 0 spiro atoms. The summed E-state index contributed by atoms with van der Waals surface area (Å²) in [7, 11) is 3.10. The number of H-pyrrole nitrogens is 1. The lowest BCUT2D eigenvalue weighted by atomic mass is 9.99. The highest BCUT2D eigenvalue weighted by atomic mass is 16.5. The molecule has 2 aromatic rings. The van der Waals surface area contributed by atoms with Crippen LogP contribution >= 0.6 is 0 Å². The van der Waals surface area contributed by atoms with Gasteiger partial charge in [-0.25, -0.2) is 0 Å². The number of hydrogen-bond donors (Lipinski definition) is 2. The molecule has 1 unspecified atom stereocenters. The number of hydrogen-bond acceptors (Lipinski definition) is 5. The van der Waals surface area contributed by atoms with E-state index in [1.54, 1.807) is 30.2 Å². The molecular weight excluding hydrogens is 298 g/mol. The van der Waals surface area contributed by atoms with Crippen LogP contribution in [0.1, 0.15) is 33.4 Å². The summed E-state index contributed by atoms with van der Waals surface area (Å²) in [6, 6.07) is 4.83. The van der Waals surface area contributed by atoms with Crippen molar-refractivity contribution in [1.82, 2.24) is 15.1 Å². The van der Waals surface area contributed by atoms with Gasteiger partial charge in [-0.1, -0.05) is 6.07 Å². The first-order chi connectivity index (χ1) is 11.1. The fourth-order valence-electron chi connectivity index (χ4n) is 2.98. The topological polar surface area (TPSA) is 87.7 Å². The second kappa shape index (κ2) is 5.92. The van der Waals surface area contributed by atoms with E-state index in [0.717, 1.165) is 16.8 Å². The van der Waals surface area contributed by atoms with Gasteiger partial charge in [0.25, 0.3) is 5.91 Å². The molecule has 1 aromatic carbocycles. The number of amides is 1. The molecule has 0 bridgehead atoms. The van der Waals surface area contributed by atoms with Crippen molar-refractivity contribution >= 4 is 5.91 Å².